The van der Waals surface area contributed by atoms with Crippen molar-refractivity contribution < 1.29 is 14.8 Å². The highest BCUT2D eigenvalue weighted by molar-refractivity contribution is 5.97. The van der Waals surface area contributed by atoms with Crippen LogP contribution in [0.5, 0.6) is 0 Å². The fourth-order valence-electron chi connectivity index (χ4n) is 3.49. The van der Waals surface area contributed by atoms with E-state index in [-0.39, 0.29) is 23.7 Å². The van der Waals surface area contributed by atoms with E-state index >= 15 is 0 Å². The third kappa shape index (κ3) is 5.36. The minimum atomic E-state index is -0.647. The molecule has 1 aliphatic heterocycles. The quantitative estimate of drug-likeness (QED) is 0.202. The van der Waals surface area contributed by atoms with Gasteiger partial charge in [0.1, 0.15) is 6.04 Å². The zero-order valence-electron chi connectivity index (χ0n) is 16.8. The topological polar surface area (TPSA) is 129 Å². The third-order valence-corrected chi connectivity index (χ3v) is 5.29. The van der Waals surface area contributed by atoms with Gasteiger partial charge in [-0.3, -0.25) is 9.59 Å². The molecule has 8 nitrogen and oxygen atoms in total. The highest BCUT2D eigenvalue weighted by Crippen LogP contribution is 2.25. The minimum Gasteiger partial charge on any atom is -0.409 e. The normalized spacial score (nSPS) is 19.8. The molecule has 1 aliphatic rings. The predicted molar refractivity (Wildman–Crippen MR) is 114 cm³/mol. The first kappa shape index (κ1) is 21.3. The summed E-state index contributed by atoms with van der Waals surface area (Å²) in [6.45, 7) is 2.72. The van der Waals surface area contributed by atoms with Crippen molar-refractivity contribution in [3.8, 4) is 0 Å². The Morgan fingerprint density at radius 3 is 2.57 bits per heavy atom. The number of amidine groups is 1. The standard InChI is InChI=1S/C22H27N5O3/c1-14(21(28)25-12-15-7-9-17(10-8-15)20(23)27-30)26-22(29)19-11-18(13-24-19)16-5-3-2-4-6-16/h2-10,14,18-19,24,30H,11-13H2,1H3,(H2,23,27)(H,25,28)(H,26,29)/t14-,18-,19+/m0/s1. The van der Waals surface area contributed by atoms with Gasteiger partial charge >= 0.3 is 0 Å². The van der Waals surface area contributed by atoms with E-state index in [9.17, 15) is 9.59 Å². The molecule has 1 heterocycles. The summed E-state index contributed by atoms with van der Waals surface area (Å²) < 4.78 is 0. The van der Waals surface area contributed by atoms with Crippen LogP contribution in [-0.4, -0.2) is 41.5 Å². The second kappa shape index (κ2) is 9.89. The van der Waals surface area contributed by atoms with Gasteiger partial charge in [-0.2, -0.15) is 0 Å². The summed E-state index contributed by atoms with van der Waals surface area (Å²) in [7, 11) is 0. The van der Waals surface area contributed by atoms with Crippen molar-refractivity contribution in [2.24, 2.45) is 10.9 Å². The molecular weight excluding hydrogens is 382 g/mol. The van der Waals surface area contributed by atoms with Gasteiger partial charge in [0.2, 0.25) is 11.8 Å². The van der Waals surface area contributed by atoms with Gasteiger partial charge in [-0.25, -0.2) is 0 Å². The average molecular weight is 409 g/mol. The number of nitrogens with one attached hydrogen (secondary N) is 3. The zero-order valence-corrected chi connectivity index (χ0v) is 16.8. The SMILES string of the molecule is C[C@H](NC(=O)[C@H]1C[C@H](c2ccccc2)CN1)C(=O)NCc1ccc(/C(N)=N/O)cc1. The fourth-order valence-corrected chi connectivity index (χ4v) is 3.49. The van der Waals surface area contributed by atoms with Crippen LogP contribution in [-0.2, 0) is 16.1 Å². The smallest absolute Gasteiger partial charge is 0.242 e. The average Bonchev–Trinajstić information content (AvgIpc) is 3.28. The lowest BCUT2D eigenvalue weighted by Gasteiger charge is -2.17. The van der Waals surface area contributed by atoms with Crippen LogP contribution in [0.4, 0.5) is 0 Å². The first-order valence-electron chi connectivity index (χ1n) is 9.91. The lowest BCUT2D eigenvalue weighted by atomic mass is 9.96. The molecule has 2 aromatic rings. The molecule has 0 unspecified atom stereocenters. The molecule has 2 amide bonds. The van der Waals surface area contributed by atoms with Gasteiger partial charge in [-0.1, -0.05) is 59.8 Å². The Labute approximate surface area is 175 Å². The molecule has 0 aliphatic carbocycles. The van der Waals surface area contributed by atoms with Gasteiger partial charge in [0.25, 0.3) is 0 Å². The summed E-state index contributed by atoms with van der Waals surface area (Å²) in [5.41, 5.74) is 8.19. The molecule has 6 N–H and O–H groups in total. The number of rotatable bonds is 7. The van der Waals surface area contributed by atoms with Crippen molar-refractivity contribution >= 4 is 17.6 Å². The fraction of sp³-hybridized carbons (Fsp3) is 0.318. The van der Waals surface area contributed by atoms with E-state index in [0.29, 0.717) is 24.4 Å². The van der Waals surface area contributed by atoms with Crippen LogP contribution in [0.2, 0.25) is 0 Å². The van der Waals surface area contributed by atoms with Crippen LogP contribution in [0.3, 0.4) is 0 Å². The van der Waals surface area contributed by atoms with Crippen LogP contribution in [0.15, 0.2) is 59.8 Å². The molecule has 1 saturated heterocycles. The van der Waals surface area contributed by atoms with Crippen molar-refractivity contribution in [3.63, 3.8) is 0 Å². The van der Waals surface area contributed by atoms with E-state index in [1.807, 2.05) is 18.2 Å². The second-order valence-electron chi connectivity index (χ2n) is 7.43. The second-order valence-corrected chi connectivity index (χ2v) is 7.43. The molecule has 0 spiro atoms. The summed E-state index contributed by atoms with van der Waals surface area (Å²) in [6, 6.07) is 16.1. The molecule has 0 saturated carbocycles. The molecule has 3 rings (SSSR count). The zero-order chi connectivity index (χ0) is 21.5. The lowest BCUT2D eigenvalue weighted by molar-refractivity contribution is -0.129. The van der Waals surface area contributed by atoms with Gasteiger partial charge in [0.05, 0.1) is 6.04 Å². The van der Waals surface area contributed by atoms with E-state index in [0.717, 1.165) is 12.1 Å². The highest BCUT2D eigenvalue weighted by atomic mass is 16.4. The number of nitrogens with zero attached hydrogens (tertiary/aromatic N) is 1. The largest absolute Gasteiger partial charge is 0.409 e. The number of oxime groups is 1. The van der Waals surface area contributed by atoms with E-state index in [2.05, 4.69) is 33.2 Å². The Kier molecular flexibility index (Phi) is 7.03. The summed E-state index contributed by atoms with van der Waals surface area (Å²) in [6.07, 6.45) is 0.705. The van der Waals surface area contributed by atoms with Crippen LogP contribution in [0, 0.1) is 0 Å². The first-order valence-corrected chi connectivity index (χ1v) is 9.91. The number of carbonyl (C=O) groups is 2. The number of carbonyl (C=O) groups excluding carboxylic acids is 2. The van der Waals surface area contributed by atoms with Crippen molar-refractivity contribution in [2.45, 2.75) is 37.9 Å². The van der Waals surface area contributed by atoms with E-state index in [1.54, 1.807) is 31.2 Å². The Morgan fingerprint density at radius 1 is 1.20 bits per heavy atom. The van der Waals surface area contributed by atoms with Gasteiger partial charge in [-0.15, -0.1) is 0 Å². The van der Waals surface area contributed by atoms with Gasteiger partial charge < -0.3 is 26.9 Å². The molecule has 0 aromatic heterocycles. The minimum absolute atomic E-state index is 0.0249. The van der Waals surface area contributed by atoms with Crippen molar-refractivity contribution in [1.29, 1.82) is 0 Å². The maximum Gasteiger partial charge on any atom is 0.242 e. The summed E-state index contributed by atoms with van der Waals surface area (Å²) in [5, 5.41) is 20.5. The van der Waals surface area contributed by atoms with E-state index < -0.39 is 6.04 Å². The molecule has 8 heteroatoms. The maximum absolute atomic E-state index is 12.5. The number of amides is 2. The number of nitrogens with two attached hydrogens (primary N) is 1. The summed E-state index contributed by atoms with van der Waals surface area (Å²) in [4.78, 5) is 24.9. The number of hydrogen-bond donors (Lipinski definition) is 5. The molecule has 0 bridgehead atoms. The van der Waals surface area contributed by atoms with Crippen LogP contribution in [0.25, 0.3) is 0 Å². The Bertz CT molecular complexity index is 899. The number of benzene rings is 2. The molecule has 2 aromatic carbocycles. The molecule has 3 atom stereocenters. The predicted octanol–water partition coefficient (Wildman–Crippen LogP) is 1.05. The molecular formula is C22H27N5O3. The molecule has 0 radical (unpaired) electrons. The Balaban J connectivity index is 1.45. The summed E-state index contributed by atoms with van der Waals surface area (Å²) >= 11 is 0. The summed E-state index contributed by atoms with van der Waals surface area (Å²) in [5.74, 6) is -0.114. The lowest BCUT2D eigenvalue weighted by Crippen LogP contribution is -2.49. The molecule has 1 fully saturated rings. The van der Waals surface area contributed by atoms with Gasteiger partial charge in [0, 0.05) is 18.7 Å². The maximum atomic E-state index is 12.5. The van der Waals surface area contributed by atoms with Crippen LogP contribution in [0.1, 0.15) is 36.0 Å². The van der Waals surface area contributed by atoms with E-state index in [1.165, 1.54) is 5.56 Å². The molecule has 158 valence electrons. The Hall–Kier alpha value is -3.39. The van der Waals surface area contributed by atoms with Crippen molar-refractivity contribution in [3.05, 3.63) is 71.3 Å². The monoisotopic (exact) mass is 409 g/mol. The first-order chi connectivity index (χ1) is 14.5. The van der Waals surface area contributed by atoms with Crippen molar-refractivity contribution in [1.82, 2.24) is 16.0 Å². The third-order valence-electron chi connectivity index (χ3n) is 5.29. The highest BCUT2D eigenvalue weighted by Gasteiger charge is 2.31. The van der Waals surface area contributed by atoms with E-state index in [4.69, 9.17) is 10.9 Å². The van der Waals surface area contributed by atoms with Gasteiger partial charge in [0.15, 0.2) is 5.84 Å². The van der Waals surface area contributed by atoms with Crippen LogP contribution >= 0.6 is 0 Å². The van der Waals surface area contributed by atoms with Crippen molar-refractivity contribution in [2.75, 3.05) is 6.54 Å². The number of hydrogen-bond acceptors (Lipinski definition) is 5. The van der Waals surface area contributed by atoms with Crippen LogP contribution < -0.4 is 21.7 Å². The van der Waals surface area contributed by atoms with Gasteiger partial charge in [-0.05, 0) is 30.4 Å². The Morgan fingerprint density at radius 2 is 1.90 bits per heavy atom. The molecule has 30 heavy (non-hydrogen) atoms.